The average Bonchev–Trinajstić information content (AvgIpc) is 3.19. The molecule has 25 heavy (non-hydrogen) atoms. The third-order valence-electron chi connectivity index (χ3n) is 5.41. The van der Waals surface area contributed by atoms with Crippen LogP contribution in [0.25, 0.3) is 10.6 Å². The van der Waals surface area contributed by atoms with Crippen molar-refractivity contribution in [3.8, 4) is 10.6 Å². The van der Waals surface area contributed by atoms with Crippen LogP contribution in [0.4, 0.5) is 5.13 Å². The molecule has 2 saturated heterocycles. The molecule has 0 aliphatic carbocycles. The number of anilines is 1. The maximum atomic E-state index is 9.31. The number of piperidine rings is 2. The van der Waals surface area contributed by atoms with E-state index in [1.807, 2.05) is 24.3 Å². The minimum atomic E-state index is 0.0590. The lowest BCUT2D eigenvalue weighted by Crippen LogP contribution is -2.46. The maximum absolute atomic E-state index is 9.31. The van der Waals surface area contributed by atoms with Crippen molar-refractivity contribution in [1.82, 2.24) is 15.1 Å². The average molecular weight is 359 g/mol. The molecule has 0 bridgehead atoms. The highest BCUT2D eigenvalue weighted by molar-refractivity contribution is 7.18. The third-order valence-corrected chi connectivity index (χ3v) is 6.45. The summed E-state index contributed by atoms with van der Waals surface area (Å²) in [7, 11) is 0. The van der Waals surface area contributed by atoms with Gasteiger partial charge in [0.2, 0.25) is 5.13 Å². The highest BCUT2D eigenvalue weighted by Gasteiger charge is 2.27. The molecule has 0 unspecified atom stereocenters. The standard InChI is InChI=1S/C19H26N4OS/c24-14-15-5-4-6-16(13-15)18-20-21-19(25-18)23-11-7-17(8-12-23)22-9-2-1-3-10-22/h4-6,13,17,24H,1-3,7-12,14H2. The molecule has 0 saturated carbocycles. The predicted octanol–water partition coefficient (Wildman–Crippen LogP) is 3.15. The van der Waals surface area contributed by atoms with Crippen LogP contribution in [0, 0.1) is 0 Å². The lowest BCUT2D eigenvalue weighted by molar-refractivity contribution is 0.141. The van der Waals surface area contributed by atoms with Crippen LogP contribution < -0.4 is 4.90 Å². The normalized spacial score (nSPS) is 20.1. The van der Waals surface area contributed by atoms with E-state index < -0.39 is 0 Å². The Labute approximate surface area is 153 Å². The predicted molar refractivity (Wildman–Crippen MR) is 102 cm³/mol. The van der Waals surface area contributed by atoms with E-state index in [9.17, 15) is 5.11 Å². The van der Waals surface area contributed by atoms with Gasteiger partial charge in [-0.25, -0.2) is 0 Å². The molecule has 0 spiro atoms. The number of aromatic nitrogens is 2. The van der Waals surface area contributed by atoms with Crippen molar-refractivity contribution in [1.29, 1.82) is 0 Å². The van der Waals surface area contributed by atoms with Gasteiger partial charge in [0.05, 0.1) is 6.61 Å². The first-order valence-electron chi connectivity index (χ1n) is 9.36. The Hall–Kier alpha value is -1.50. The van der Waals surface area contributed by atoms with Gasteiger partial charge in [0.25, 0.3) is 0 Å². The molecule has 1 aromatic carbocycles. The number of hydrogen-bond acceptors (Lipinski definition) is 6. The van der Waals surface area contributed by atoms with Gasteiger partial charge in [-0.05, 0) is 50.4 Å². The smallest absolute Gasteiger partial charge is 0.208 e. The molecule has 2 aliphatic heterocycles. The van der Waals surface area contributed by atoms with Crippen LogP contribution in [0.1, 0.15) is 37.7 Å². The molecule has 4 rings (SSSR count). The van der Waals surface area contributed by atoms with Crippen molar-refractivity contribution < 1.29 is 5.11 Å². The molecule has 1 aromatic heterocycles. The van der Waals surface area contributed by atoms with Gasteiger partial charge in [-0.1, -0.05) is 36.0 Å². The largest absolute Gasteiger partial charge is 0.392 e. The monoisotopic (exact) mass is 358 g/mol. The summed E-state index contributed by atoms with van der Waals surface area (Å²) >= 11 is 1.66. The molecule has 3 heterocycles. The third kappa shape index (κ3) is 3.86. The highest BCUT2D eigenvalue weighted by Crippen LogP contribution is 2.31. The Morgan fingerprint density at radius 2 is 1.84 bits per heavy atom. The van der Waals surface area contributed by atoms with Crippen molar-refractivity contribution in [2.45, 2.75) is 44.8 Å². The van der Waals surface area contributed by atoms with Crippen LogP contribution in [0.5, 0.6) is 0 Å². The van der Waals surface area contributed by atoms with Gasteiger partial charge >= 0.3 is 0 Å². The summed E-state index contributed by atoms with van der Waals surface area (Å²) in [6.07, 6.45) is 6.60. The molecular formula is C19H26N4OS. The number of aliphatic hydroxyl groups is 1. The highest BCUT2D eigenvalue weighted by atomic mass is 32.1. The van der Waals surface area contributed by atoms with Crippen LogP contribution in [0.2, 0.25) is 0 Å². The summed E-state index contributed by atoms with van der Waals surface area (Å²) in [5, 5.41) is 20.1. The van der Waals surface area contributed by atoms with Gasteiger partial charge < -0.3 is 14.9 Å². The fourth-order valence-corrected chi connectivity index (χ4v) is 4.86. The van der Waals surface area contributed by atoms with Crippen LogP contribution >= 0.6 is 11.3 Å². The summed E-state index contributed by atoms with van der Waals surface area (Å²) in [6.45, 7) is 4.78. The van der Waals surface area contributed by atoms with E-state index in [0.29, 0.717) is 0 Å². The summed E-state index contributed by atoms with van der Waals surface area (Å²) in [5.74, 6) is 0. The number of hydrogen-bond donors (Lipinski definition) is 1. The zero-order chi connectivity index (χ0) is 17.1. The Morgan fingerprint density at radius 1 is 1.04 bits per heavy atom. The molecule has 134 valence electrons. The SMILES string of the molecule is OCc1cccc(-c2nnc(N3CCC(N4CCCCC4)CC3)s2)c1. The van der Waals surface area contributed by atoms with E-state index in [1.165, 1.54) is 45.2 Å². The minimum absolute atomic E-state index is 0.0590. The summed E-state index contributed by atoms with van der Waals surface area (Å²) in [5.41, 5.74) is 1.95. The topological polar surface area (TPSA) is 52.5 Å². The van der Waals surface area contributed by atoms with E-state index in [2.05, 4.69) is 20.0 Å². The van der Waals surface area contributed by atoms with Gasteiger partial charge in [0.15, 0.2) is 0 Å². The fraction of sp³-hybridized carbons (Fsp3) is 0.579. The Bertz CT molecular complexity index is 690. The van der Waals surface area contributed by atoms with Crippen LogP contribution in [0.3, 0.4) is 0 Å². The fourth-order valence-electron chi connectivity index (χ4n) is 3.97. The number of benzene rings is 1. The minimum Gasteiger partial charge on any atom is -0.392 e. The van der Waals surface area contributed by atoms with Crippen LogP contribution in [-0.2, 0) is 6.61 Å². The van der Waals surface area contributed by atoms with Gasteiger partial charge in [-0.15, -0.1) is 10.2 Å². The molecule has 5 nitrogen and oxygen atoms in total. The van der Waals surface area contributed by atoms with E-state index in [4.69, 9.17) is 0 Å². The maximum Gasteiger partial charge on any atom is 0.208 e. The van der Waals surface area contributed by atoms with E-state index in [1.54, 1.807) is 11.3 Å². The zero-order valence-corrected chi connectivity index (χ0v) is 15.4. The van der Waals surface area contributed by atoms with Crippen molar-refractivity contribution in [2.24, 2.45) is 0 Å². The van der Waals surface area contributed by atoms with Crippen LogP contribution in [-0.4, -0.2) is 52.4 Å². The number of likely N-dealkylation sites (tertiary alicyclic amines) is 1. The molecule has 0 radical (unpaired) electrons. The van der Waals surface area contributed by atoms with Gasteiger partial charge in [0.1, 0.15) is 5.01 Å². The summed E-state index contributed by atoms with van der Waals surface area (Å²) in [4.78, 5) is 5.09. The number of rotatable bonds is 4. The molecule has 1 N–H and O–H groups in total. The molecule has 2 aromatic rings. The van der Waals surface area contributed by atoms with Crippen molar-refractivity contribution in [3.05, 3.63) is 29.8 Å². The van der Waals surface area contributed by atoms with Gasteiger partial charge in [-0.3, -0.25) is 0 Å². The molecular weight excluding hydrogens is 332 g/mol. The molecule has 2 fully saturated rings. The lowest BCUT2D eigenvalue weighted by atomic mass is 10.0. The summed E-state index contributed by atoms with van der Waals surface area (Å²) < 4.78 is 0. The zero-order valence-electron chi connectivity index (χ0n) is 14.6. The number of aliphatic hydroxyl groups excluding tert-OH is 1. The quantitative estimate of drug-likeness (QED) is 0.910. The summed E-state index contributed by atoms with van der Waals surface area (Å²) in [6, 6.07) is 8.67. The van der Waals surface area contributed by atoms with Crippen molar-refractivity contribution >= 4 is 16.5 Å². The lowest BCUT2D eigenvalue weighted by Gasteiger charge is -2.40. The van der Waals surface area contributed by atoms with Gasteiger partial charge in [0, 0.05) is 24.7 Å². The Balaban J connectivity index is 1.39. The van der Waals surface area contributed by atoms with Crippen LogP contribution in [0.15, 0.2) is 24.3 Å². The molecule has 0 atom stereocenters. The Morgan fingerprint density at radius 3 is 2.60 bits per heavy atom. The Kier molecular flexibility index (Phi) is 5.29. The first kappa shape index (κ1) is 16.9. The first-order valence-corrected chi connectivity index (χ1v) is 10.2. The second kappa shape index (κ2) is 7.81. The van der Waals surface area contributed by atoms with E-state index >= 15 is 0 Å². The molecule has 6 heteroatoms. The first-order chi connectivity index (χ1) is 12.3. The number of nitrogens with zero attached hydrogens (tertiary/aromatic N) is 4. The van der Waals surface area contributed by atoms with E-state index in [0.717, 1.165) is 40.4 Å². The van der Waals surface area contributed by atoms with Crippen molar-refractivity contribution in [3.63, 3.8) is 0 Å². The van der Waals surface area contributed by atoms with E-state index in [-0.39, 0.29) is 6.61 Å². The molecule has 2 aliphatic rings. The molecule has 0 amide bonds. The second-order valence-corrected chi connectivity index (χ2v) is 8.02. The van der Waals surface area contributed by atoms with Crippen molar-refractivity contribution in [2.75, 3.05) is 31.1 Å². The second-order valence-electron chi connectivity index (χ2n) is 7.06. The van der Waals surface area contributed by atoms with Gasteiger partial charge in [-0.2, -0.15) is 0 Å².